The van der Waals surface area contributed by atoms with Gasteiger partial charge < -0.3 is 19.4 Å². The third-order valence-electron chi connectivity index (χ3n) is 3.68. The molecule has 0 aliphatic heterocycles. The van der Waals surface area contributed by atoms with E-state index in [1.807, 2.05) is 19.3 Å². The van der Waals surface area contributed by atoms with Crippen molar-refractivity contribution in [2.45, 2.75) is 51.3 Å². The lowest BCUT2D eigenvalue weighted by molar-refractivity contribution is 0.100. The summed E-state index contributed by atoms with van der Waals surface area (Å²) in [6.07, 6.45) is 8.71. The first kappa shape index (κ1) is 14.3. The highest BCUT2D eigenvalue weighted by atomic mass is 16.5. The predicted molar refractivity (Wildman–Crippen MR) is 75.4 cm³/mol. The summed E-state index contributed by atoms with van der Waals surface area (Å²) in [5.41, 5.74) is 0. The molecule has 5 heteroatoms. The average molecular weight is 267 g/mol. The molecule has 1 aromatic rings. The summed E-state index contributed by atoms with van der Waals surface area (Å²) in [5.74, 6) is 0.949. The number of aromatic nitrogens is 2. The molecule has 2 atom stereocenters. The van der Waals surface area contributed by atoms with Crippen molar-refractivity contribution < 1.29 is 9.47 Å². The molecule has 5 nitrogen and oxygen atoms in total. The van der Waals surface area contributed by atoms with Crippen LogP contribution >= 0.6 is 0 Å². The summed E-state index contributed by atoms with van der Waals surface area (Å²) in [6, 6.07) is 0.387. The van der Waals surface area contributed by atoms with Crippen LogP contribution in [0.3, 0.4) is 0 Å². The third kappa shape index (κ3) is 3.94. The van der Waals surface area contributed by atoms with E-state index in [1.54, 1.807) is 7.11 Å². The number of rotatable bonds is 8. The Morgan fingerprint density at radius 3 is 3.16 bits per heavy atom. The number of imidazole rings is 1. The average Bonchev–Trinajstić information content (AvgIpc) is 3.04. The second kappa shape index (κ2) is 7.50. The monoisotopic (exact) mass is 267 g/mol. The first-order valence-corrected chi connectivity index (χ1v) is 7.23. The van der Waals surface area contributed by atoms with Gasteiger partial charge >= 0.3 is 0 Å². The molecule has 0 amide bonds. The van der Waals surface area contributed by atoms with Crippen LogP contribution in [0.5, 0.6) is 0 Å². The van der Waals surface area contributed by atoms with Gasteiger partial charge in [-0.25, -0.2) is 4.98 Å². The van der Waals surface area contributed by atoms with E-state index in [2.05, 4.69) is 14.9 Å². The molecule has 19 heavy (non-hydrogen) atoms. The van der Waals surface area contributed by atoms with Crippen molar-refractivity contribution in [3.63, 3.8) is 0 Å². The Balaban J connectivity index is 1.84. The van der Waals surface area contributed by atoms with Crippen molar-refractivity contribution in [1.29, 1.82) is 0 Å². The zero-order valence-corrected chi connectivity index (χ0v) is 12.0. The molecule has 1 fully saturated rings. The minimum absolute atomic E-state index is 0.313. The lowest BCUT2D eigenvalue weighted by Gasteiger charge is -2.20. The number of anilines is 1. The molecule has 1 heterocycles. The Morgan fingerprint density at radius 2 is 2.37 bits per heavy atom. The van der Waals surface area contributed by atoms with Gasteiger partial charge in [0, 0.05) is 39.3 Å². The lowest BCUT2D eigenvalue weighted by atomic mass is 10.2. The van der Waals surface area contributed by atoms with Crippen LogP contribution in [-0.4, -0.2) is 42.0 Å². The second-order valence-corrected chi connectivity index (χ2v) is 4.95. The molecule has 0 aromatic carbocycles. The van der Waals surface area contributed by atoms with Crippen molar-refractivity contribution in [2.75, 3.05) is 25.6 Å². The molecule has 1 aliphatic carbocycles. The number of nitrogens with one attached hydrogen (secondary N) is 1. The van der Waals surface area contributed by atoms with Gasteiger partial charge in [-0.05, 0) is 32.6 Å². The molecule has 1 N–H and O–H groups in total. The third-order valence-corrected chi connectivity index (χ3v) is 3.68. The lowest BCUT2D eigenvalue weighted by Crippen LogP contribution is -2.31. The second-order valence-electron chi connectivity index (χ2n) is 4.95. The van der Waals surface area contributed by atoms with Gasteiger partial charge in [0.2, 0.25) is 5.95 Å². The Bertz CT molecular complexity index is 367. The van der Waals surface area contributed by atoms with Gasteiger partial charge in [-0.15, -0.1) is 0 Å². The summed E-state index contributed by atoms with van der Waals surface area (Å²) >= 11 is 0. The van der Waals surface area contributed by atoms with E-state index in [0.717, 1.165) is 45.0 Å². The molecule has 2 unspecified atom stereocenters. The smallest absolute Gasteiger partial charge is 0.203 e. The van der Waals surface area contributed by atoms with Crippen molar-refractivity contribution in [3.8, 4) is 0 Å². The van der Waals surface area contributed by atoms with Crippen LogP contribution in [0.1, 0.15) is 32.6 Å². The molecule has 1 aliphatic rings. The normalized spacial score (nSPS) is 22.8. The summed E-state index contributed by atoms with van der Waals surface area (Å²) < 4.78 is 13.0. The maximum Gasteiger partial charge on any atom is 0.203 e. The highest BCUT2D eigenvalue weighted by Crippen LogP contribution is 2.24. The number of methoxy groups -OCH3 is 1. The van der Waals surface area contributed by atoms with Crippen molar-refractivity contribution in [3.05, 3.63) is 12.4 Å². The van der Waals surface area contributed by atoms with E-state index in [9.17, 15) is 0 Å². The Morgan fingerprint density at radius 1 is 1.47 bits per heavy atom. The SMILES string of the molecule is CCOCCCn1ccnc1NC1CCCC1OC. The predicted octanol–water partition coefficient (Wildman–Crippen LogP) is 2.29. The summed E-state index contributed by atoms with van der Waals surface area (Å²) in [6.45, 7) is 4.55. The van der Waals surface area contributed by atoms with Crippen LogP contribution in [0.4, 0.5) is 5.95 Å². The fourth-order valence-electron chi connectivity index (χ4n) is 2.65. The molecule has 0 bridgehead atoms. The highest BCUT2D eigenvalue weighted by molar-refractivity contribution is 5.28. The summed E-state index contributed by atoms with van der Waals surface area (Å²) in [7, 11) is 1.79. The highest BCUT2D eigenvalue weighted by Gasteiger charge is 2.27. The largest absolute Gasteiger partial charge is 0.382 e. The van der Waals surface area contributed by atoms with Gasteiger partial charge in [0.1, 0.15) is 0 Å². The van der Waals surface area contributed by atoms with Gasteiger partial charge in [-0.2, -0.15) is 0 Å². The fourth-order valence-corrected chi connectivity index (χ4v) is 2.65. The zero-order chi connectivity index (χ0) is 13.5. The number of aryl methyl sites for hydroxylation is 1. The van der Waals surface area contributed by atoms with Crippen LogP contribution < -0.4 is 5.32 Å². The van der Waals surface area contributed by atoms with E-state index >= 15 is 0 Å². The van der Waals surface area contributed by atoms with E-state index < -0.39 is 0 Å². The molecule has 0 radical (unpaired) electrons. The van der Waals surface area contributed by atoms with Crippen molar-refractivity contribution >= 4 is 5.95 Å². The molecule has 1 saturated carbocycles. The molecule has 108 valence electrons. The Labute approximate surface area is 115 Å². The first-order chi connectivity index (χ1) is 9.35. The zero-order valence-electron chi connectivity index (χ0n) is 12.0. The van der Waals surface area contributed by atoms with Gasteiger partial charge in [0.25, 0.3) is 0 Å². The Hall–Kier alpha value is -1.07. The maximum absolute atomic E-state index is 5.51. The standard InChI is InChI=1S/C14H25N3O2/c1-3-19-11-5-9-17-10-8-15-14(17)16-12-6-4-7-13(12)18-2/h8,10,12-13H,3-7,9,11H2,1-2H3,(H,15,16). The minimum Gasteiger partial charge on any atom is -0.382 e. The maximum atomic E-state index is 5.51. The van der Waals surface area contributed by atoms with Crippen LogP contribution in [-0.2, 0) is 16.0 Å². The number of nitrogens with zero attached hydrogens (tertiary/aromatic N) is 2. The molecular weight excluding hydrogens is 242 g/mol. The molecule has 0 spiro atoms. The van der Waals surface area contributed by atoms with Crippen LogP contribution in [0.15, 0.2) is 12.4 Å². The van der Waals surface area contributed by atoms with Crippen LogP contribution in [0, 0.1) is 0 Å². The molecule has 1 aromatic heterocycles. The van der Waals surface area contributed by atoms with Crippen LogP contribution in [0.2, 0.25) is 0 Å². The summed E-state index contributed by atoms with van der Waals surface area (Å²) in [4.78, 5) is 4.40. The van der Waals surface area contributed by atoms with E-state index in [4.69, 9.17) is 9.47 Å². The van der Waals surface area contributed by atoms with Gasteiger partial charge in [-0.1, -0.05) is 0 Å². The number of hydrogen-bond acceptors (Lipinski definition) is 4. The van der Waals surface area contributed by atoms with E-state index in [-0.39, 0.29) is 0 Å². The minimum atomic E-state index is 0.313. The van der Waals surface area contributed by atoms with Gasteiger partial charge in [0.05, 0.1) is 12.1 Å². The first-order valence-electron chi connectivity index (χ1n) is 7.23. The number of ether oxygens (including phenoxy) is 2. The van der Waals surface area contributed by atoms with E-state index in [0.29, 0.717) is 12.1 Å². The molecule has 0 saturated heterocycles. The van der Waals surface area contributed by atoms with E-state index in [1.165, 1.54) is 6.42 Å². The quantitative estimate of drug-likeness (QED) is 0.734. The summed E-state index contributed by atoms with van der Waals surface area (Å²) in [5, 5.41) is 3.52. The molecular formula is C14H25N3O2. The number of hydrogen-bond donors (Lipinski definition) is 1. The Kier molecular flexibility index (Phi) is 5.66. The molecule has 2 rings (SSSR count). The fraction of sp³-hybridized carbons (Fsp3) is 0.786. The topological polar surface area (TPSA) is 48.3 Å². The van der Waals surface area contributed by atoms with Crippen molar-refractivity contribution in [1.82, 2.24) is 9.55 Å². The van der Waals surface area contributed by atoms with Crippen LogP contribution in [0.25, 0.3) is 0 Å². The van der Waals surface area contributed by atoms with Gasteiger partial charge in [0.15, 0.2) is 0 Å². The van der Waals surface area contributed by atoms with Crippen molar-refractivity contribution in [2.24, 2.45) is 0 Å². The van der Waals surface area contributed by atoms with Gasteiger partial charge in [-0.3, -0.25) is 0 Å².